The van der Waals surface area contributed by atoms with Gasteiger partial charge in [-0.3, -0.25) is 0 Å². The average Bonchev–Trinajstić information content (AvgIpc) is 2.55. The number of benzene rings is 2. The van der Waals surface area contributed by atoms with Gasteiger partial charge in [0.2, 0.25) is 0 Å². The Balaban J connectivity index is 1.86. The first-order chi connectivity index (χ1) is 10.9. The Kier molecular flexibility index (Phi) is 4.17. The van der Waals surface area contributed by atoms with Crippen LogP contribution in [-0.2, 0) is 6.18 Å². The molecule has 0 bridgehead atoms. The van der Waals surface area contributed by atoms with E-state index in [0.29, 0.717) is 19.6 Å². The van der Waals surface area contributed by atoms with Crippen LogP contribution in [0, 0.1) is 0 Å². The first-order valence-corrected chi connectivity index (χ1v) is 7.38. The van der Waals surface area contributed by atoms with Crippen molar-refractivity contribution in [3.05, 3.63) is 59.7 Å². The molecule has 0 spiro atoms. The number of halogens is 3. The monoisotopic (exact) mass is 322 g/mol. The minimum absolute atomic E-state index is 0.169. The second-order valence-electron chi connectivity index (χ2n) is 5.55. The van der Waals surface area contributed by atoms with E-state index in [4.69, 9.17) is 0 Å². The number of aromatic hydroxyl groups is 1. The largest absolute Gasteiger partial charge is 0.508 e. The number of hydrogen-bond acceptors (Lipinski definition) is 3. The van der Waals surface area contributed by atoms with Gasteiger partial charge < -0.3 is 15.3 Å². The normalized spacial score (nSPS) is 18.9. The van der Waals surface area contributed by atoms with Crippen molar-refractivity contribution >= 4 is 5.69 Å². The molecule has 0 amide bonds. The molecule has 6 heteroatoms. The molecule has 0 radical (unpaired) electrons. The number of nitrogens with zero attached hydrogens (tertiary/aromatic N) is 1. The smallest absolute Gasteiger partial charge is 0.416 e. The Morgan fingerprint density at radius 2 is 1.74 bits per heavy atom. The first-order valence-electron chi connectivity index (χ1n) is 7.38. The van der Waals surface area contributed by atoms with Crippen molar-refractivity contribution in [2.45, 2.75) is 12.2 Å². The SMILES string of the molecule is Oc1ccc(N2CCNC(c3ccccc3C(F)(F)F)C2)cc1. The Hall–Kier alpha value is -2.21. The Labute approximate surface area is 132 Å². The van der Waals surface area contributed by atoms with Crippen LogP contribution in [0.4, 0.5) is 18.9 Å². The number of anilines is 1. The van der Waals surface area contributed by atoms with Crippen molar-refractivity contribution in [2.24, 2.45) is 0 Å². The predicted molar refractivity (Wildman–Crippen MR) is 82.5 cm³/mol. The van der Waals surface area contributed by atoms with Crippen LogP contribution in [0.1, 0.15) is 17.2 Å². The summed E-state index contributed by atoms with van der Waals surface area (Å²) >= 11 is 0. The summed E-state index contributed by atoms with van der Waals surface area (Å²) in [4.78, 5) is 2.02. The number of hydrogen-bond donors (Lipinski definition) is 2. The Bertz CT molecular complexity index is 670. The van der Waals surface area contributed by atoms with Gasteiger partial charge in [0.25, 0.3) is 0 Å². The fourth-order valence-electron chi connectivity index (χ4n) is 2.92. The molecular formula is C17H17F3N2O. The molecule has 1 fully saturated rings. The lowest BCUT2D eigenvalue weighted by atomic mass is 9.98. The molecule has 2 N–H and O–H groups in total. The van der Waals surface area contributed by atoms with Crippen molar-refractivity contribution in [3.8, 4) is 5.75 Å². The molecule has 3 rings (SSSR count). The number of phenolic OH excluding ortho intramolecular Hbond substituents is 1. The third kappa shape index (κ3) is 3.42. The second-order valence-corrected chi connectivity index (χ2v) is 5.55. The molecule has 1 aliphatic heterocycles. The molecule has 0 saturated carbocycles. The van der Waals surface area contributed by atoms with Crippen LogP contribution >= 0.6 is 0 Å². The molecule has 1 saturated heterocycles. The topological polar surface area (TPSA) is 35.5 Å². The maximum absolute atomic E-state index is 13.2. The molecule has 3 nitrogen and oxygen atoms in total. The predicted octanol–water partition coefficient (Wildman–Crippen LogP) is 3.56. The zero-order valence-corrected chi connectivity index (χ0v) is 12.3. The third-order valence-electron chi connectivity index (χ3n) is 4.03. The van der Waals surface area contributed by atoms with Gasteiger partial charge in [-0.05, 0) is 35.9 Å². The van der Waals surface area contributed by atoms with E-state index in [9.17, 15) is 18.3 Å². The summed E-state index contributed by atoms with van der Waals surface area (Å²) in [6, 6.07) is 12.0. The number of phenols is 1. The van der Waals surface area contributed by atoms with E-state index >= 15 is 0 Å². The molecule has 1 unspecified atom stereocenters. The van der Waals surface area contributed by atoms with E-state index in [1.165, 1.54) is 12.1 Å². The molecule has 1 atom stereocenters. The van der Waals surface area contributed by atoms with Crippen LogP contribution in [0.3, 0.4) is 0 Å². The first kappa shape index (κ1) is 15.7. The van der Waals surface area contributed by atoms with Crippen LogP contribution in [0.15, 0.2) is 48.5 Å². The van der Waals surface area contributed by atoms with Crippen LogP contribution < -0.4 is 10.2 Å². The lowest BCUT2D eigenvalue weighted by molar-refractivity contribution is -0.138. The molecule has 122 valence electrons. The second kappa shape index (κ2) is 6.12. The Morgan fingerprint density at radius 1 is 1.04 bits per heavy atom. The minimum Gasteiger partial charge on any atom is -0.508 e. The van der Waals surface area contributed by atoms with E-state index in [-0.39, 0.29) is 11.3 Å². The van der Waals surface area contributed by atoms with Crippen molar-refractivity contribution < 1.29 is 18.3 Å². The van der Waals surface area contributed by atoms with Gasteiger partial charge in [0.1, 0.15) is 5.75 Å². The summed E-state index contributed by atoms with van der Waals surface area (Å²) in [5.41, 5.74) is 0.562. The Morgan fingerprint density at radius 3 is 2.43 bits per heavy atom. The van der Waals surface area contributed by atoms with Gasteiger partial charge in [0, 0.05) is 25.3 Å². The zero-order chi connectivity index (χ0) is 16.4. The van der Waals surface area contributed by atoms with Crippen molar-refractivity contribution in [3.63, 3.8) is 0 Å². The summed E-state index contributed by atoms with van der Waals surface area (Å²) in [5, 5.41) is 12.5. The number of rotatable bonds is 2. The highest BCUT2D eigenvalue weighted by molar-refractivity contribution is 5.50. The van der Waals surface area contributed by atoms with Gasteiger partial charge in [-0.15, -0.1) is 0 Å². The maximum Gasteiger partial charge on any atom is 0.416 e. The van der Waals surface area contributed by atoms with Gasteiger partial charge in [0.05, 0.1) is 11.6 Å². The maximum atomic E-state index is 13.2. The molecular weight excluding hydrogens is 305 g/mol. The van der Waals surface area contributed by atoms with Crippen molar-refractivity contribution in [1.82, 2.24) is 5.32 Å². The lowest BCUT2D eigenvalue weighted by Gasteiger charge is -2.36. The molecule has 0 aromatic heterocycles. The molecule has 2 aromatic rings. The van der Waals surface area contributed by atoms with Crippen LogP contribution in [-0.4, -0.2) is 24.7 Å². The van der Waals surface area contributed by atoms with E-state index in [1.807, 2.05) is 4.90 Å². The van der Waals surface area contributed by atoms with Crippen molar-refractivity contribution in [2.75, 3.05) is 24.5 Å². The molecule has 23 heavy (non-hydrogen) atoms. The van der Waals surface area contributed by atoms with Crippen LogP contribution in [0.25, 0.3) is 0 Å². The molecule has 0 aliphatic carbocycles. The molecule has 1 aliphatic rings. The minimum atomic E-state index is -4.36. The summed E-state index contributed by atoms with van der Waals surface area (Å²) in [6.45, 7) is 1.74. The van der Waals surface area contributed by atoms with E-state index in [2.05, 4.69) is 5.32 Å². The highest BCUT2D eigenvalue weighted by Crippen LogP contribution is 2.35. The van der Waals surface area contributed by atoms with Crippen molar-refractivity contribution in [1.29, 1.82) is 0 Å². The lowest BCUT2D eigenvalue weighted by Crippen LogP contribution is -2.46. The highest BCUT2D eigenvalue weighted by atomic mass is 19.4. The van der Waals surface area contributed by atoms with Gasteiger partial charge in [-0.2, -0.15) is 13.2 Å². The quantitative estimate of drug-likeness (QED) is 0.887. The number of piperazine rings is 1. The zero-order valence-electron chi connectivity index (χ0n) is 12.3. The molecule has 1 heterocycles. The number of nitrogens with one attached hydrogen (secondary N) is 1. The van der Waals surface area contributed by atoms with E-state index in [0.717, 1.165) is 11.8 Å². The fraction of sp³-hybridized carbons (Fsp3) is 0.294. The summed E-state index contributed by atoms with van der Waals surface area (Å²) < 4.78 is 39.6. The van der Waals surface area contributed by atoms with E-state index < -0.39 is 17.8 Å². The standard InChI is InChI=1S/C17H17F3N2O/c18-17(19,20)15-4-2-1-3-14(15)16-11-22(10-9-21-16)12-5-7-13(23)8-6-12/h1-8,16,21,23H,9-11H2. The van der Waals surface area contributed by atoms with E-state index in [1.54, 1.807) is 30.3 Å². The van der Waals surface area contributed by atoms with Gasteiger partial charge in [-0.25, -0.2) is 0 Å². The third-order valence-corrected chi connectivity index (χ3v) is 4.03. The van der Waals surface area contributed by atoms with Gasteiger partial charge in [0.15, 0.2) is 0 Å². The van der Waals surface area contributed by atoms with Crippen LogP contribution in [0.2, 0.25) is 0 Å². The van der Waals surface area contributed by atoms with Crippen LogP contribution in [0.5, 0.6) is 5.75 Å². The van der Waals surface area contributed by atoms with Gasteiger partial charge in [-0.1, -0.05) is 18.2 Å². The summed E-state index contributed by atoms with van der Waals surface area (Å²) in [7, 11) is 0. The molecule has 2 aromatic carbocycles. The summed E-state index contributed by atoms with van der Waals surface area (Å²) in [6.07, 6.45) is -4.36. The summed E-state index contributed by atoms with van der Waals surface area (Å²) in [5.74, 6) is 0.169. The number of alkyl halides is 3. The van der Waals surface area contributed by atoms with Gasteiger partial charge >= 0.3 is 6.18 Å². The highest BCUT2D eigenvalue weighted by Gasteiger charge is 2.35. The average molecular weight is 322 g/mol. The fourth-order valence-corrected chi connectivity index (χ4v) is 2.92.